The highest BCUT2D eigenvalue weighted by Crippen LogP contribution is 2.37. The molecule has 3 aromatic heterocycles. The number of halogens is 4. The van der Waals surface area contributed by atoms with Gasteiger partial charge in [0.15, 0.2) is 17.4 Å². The summed E-state index contributed by atoms with van der Waals surface area (Å²) in [5.74, 6) is -2.93. The molecule has 12 heteroatoms. The number of anilines is 1. The van der Waals surface area contributed by atoms with Crippen molar-refractivity contribution >= 4 is 44.7 Å². The molecule has 0 fully saturated rings. The van der Waals surface area contributed by atoms with E-state index in [9.17, 15) is 12.8 Å². The number of sulfonamides is 1. The Kier molecular flexibility index (Phi) is 6.25. The van der Waals surface area contributed by atoms with E-state index in [0.29, 0.717) is 34.1 Å². The maximum Gasteiger partial charge on any atom is 0.266 e. The largest absolute Gasteiger partial charge is 0.453 e. The van der Waals surface area contributed by atoms with Crippen LogP contribution in [0.3, 0.4) is 0 Å². The van der Waals surface area contributed by atoms with E-state index in [2.05, 4.69) is 9.97 Å². The van der Waals surface area contributed by atoms with Gasteiger partial charge < -0.3 is 4.74 Å². The van der Waals surface area contributed by atoms with Crippen LogP contribution >= 0.6 is 23.2 Å². The van der Waals surface area contributed by atoms with Gasteiger partial charge in [-0.05, 0) is 42.5 Å². The second-order valence-electron chi connectivity index (χ2n) is 7.46. The van der Waals surface area contributed by atoms with Crippen LogP contribution in [0.25, 0.3) is 16.9 Å². The molecule has 7 nitrogen and oxygen atoms in total. The number of nitrogens with zero attached hydrogens (tertiary/aromatic N) is 3. The van der Waals surface area contributed by atoms with Gasteiger partial charge in [0.25, 0.3) is 10.0 Å². The molecule has 1 N–H and O–H groups in total. The molecule has 0 spiro atoms. The average Bonchev–Trinajstić information content (AvgIpc) is 3.33. The molecule has 0 aliphatic carbocycles. The lowest BCUT2D eigenvalue weighted by molar-refractivity contribution is 0.433. The summed E-state index contributed by atoms with van der Waals surface area (Å²) in [4.78, 5) is 7.10. The lowest BCUT2D eigenvalue weighted by Crippen LogP contribution is -2.16. The zero-order valence-electron chi connectivity index (χ0n) is 18.0. The highest BCUT2D eigenvalue weighted by atomic mass is 35.5. The van der Waals surface area contributed by atoms with Crippen LogP contribution in [0.5, 0.6) is 11.5 Å². The fourth-order valence-electron chi connectivity index (χ4n) is 3.51. The van der Waals surface area contributed by atoms with Crippen molar-refractivity contribution in [2.75, 3.05) is 4.72 Å². The molecule has 0 aliphatic heterocycles. The molecule has 0 unspecified atom stereocenters. The Balaban J connectivity index is 1.52. The molecule has 0 bridgehead atoms. The summed E-state index contributed by atoms with van der Waals surface area (Å²) in [6.07, 6.45) is 4.64. The Labute approximate surface area is 214 Å². The molecule has 0 saturated heterocycles. The van der Waals surface area contributed by atoms with E-state index in [1.807, 2.05) is 4.72 Å². The van der Waals surface area contributed by atoms with Crippen molar-refractivity contribution in [3.63, 3.8) is 0 Å². The summed E-state index contributed by atoms with van der Waals surface area (Å²) in [6.45, 7) is 0. The Morgan fingerprint density at radius 1 is 0.889 bits per heavy atom. The van der Waals surface area contributed by atoms with Crippen LogP contribution in [0.1, 0.15) is 0 Å². The van der Waals surface area contributed by atoms with Gasteiger partial charge in [0.05, 0.1) is 10.7 Å². The third-order valence-corrected chi connectivity index (χ3v) is 7.03. The summed E-state index contributed by atoms with van der Waals surface area (Å²) in [6, 6.07) is 14.1. The minimum Gasteiger partial charge on any atom is -0.453 e. The van der Waals surface area contributed by atoms with Crippen molar-refractivity contribution < 1.29 is 21.9 Å². The second-order valence-corrected chi connectivity index (χ2v) is 9.96. The van der Waals surface area contributed by atoms with E-state index < -0.39 is 32.3 Å². The molecule has 0 radical (unpaired) electrons. The zero-order valence-corrected chi connectivity index (χ0v) is 20.3. The fraction of sp³-hybridized carbons (Fsp3) is 0. The maximum absolute atomic E-state index is 15.0. The number of hydrogen-bond acceptors (Lipinski definition) is 5. The number of nitrogens with one attached hydrogen (secondary N) is 1. The molecule has 0 aliphatic rings. The minimum absolute atomic E-state index is 0.00918. The molecule has 0 amide bonds. The Morgan fingerprint density at radius 3 is 2.53 bits per heavy atom. The van der Waals surface area contributed by atoms with E-state index in [4.69, 9.17) is 27.9 Å². The van der Waals surface area contributed by atoms with Crippen LogP contribution in [0.15, 0.2) is 84.1 Å². The third kappa shape index (κ3) is 4.58. The van der Waals surface area contributed by atoms with Crippen LogP contribution in [-0.2, 0) is 10.0 Å². The lowest BCUT2D eigenvalue weighted by atomic mass is 10.1. The van der Waals surface area contributed by atoms with Crippen LogP contribution < -0.4 is 9.46 Å². The fourth-order valence-corrected chi connectivity index (χ4v) is 5.01. The summed E-state index contributed by atoms with van der Waals surface area (Å²) in [5, 5.41) is 0.381. The van der Waals surface area contributed by atoms with Gasteiger partial charge in [0.1, 0.15) is 22.1 Å². The Morgan fingerprint density at radius 2 is 1.72 bits per heavy atom. The van der Waals surface area contributed by atoms with Crippen LogP contribution in [-0.4, -0.2) is 22.8 Å². The normalized spacial score (nSPS) is 11.6. The maximum atomic E-state index is 15.0. The molecule has 3 heterocycles. The van der Waals surface area contributed by atoms with Crippen LogP contribution in [0.4, 0.5) is 14.6 Å². The molecule has 0 saturated carbocycles. The molecular formula is C24H14Cl2F2N4O3S. The SMILES string of the molecule is O=S(=O)(Nc1ncccc1Cl)c1cc(F)c(Oc2ccc(Cl)cc2-c2cccc3nccn23)cc1F. The van der Waals surface area contributed by atoms with Gasteiger partial charge in [-0.1, -0.05) is 29.3 Å². The Hall–Kier alpha value is -3.73. The lowest BCUT2D eigenvalue weighted by Gasteiger charge is -2.15. The second kappa shape index (κ2) is 9.38. The molecule has 0 atom stereocenters. The number of ether oxygens (including phenoxy) is 1. The minimum atomic E-state index is -4.55. The monoisotopic (exact) mass is 546 g/mol. The van der Waals surface area contributed by atoms with E-state index in [0.717, 1.165) is 0 Å². The van der Waals surface area contributed by atoms with Gasteiger partial charge in [-0.3, -0.25) is 9.12 Å². The van der Waals surface area contributed by atoms with Gasteiger partial charge in [-0.15, -0.1) is 0 Å². The summed E-state index contributed by atoms with van der Waals surface area (Å²) >= 11 is 12.1. The first-order valence-corrected chi connectivity index (χ1v) is 12.5. The average molecular weight is 547 g/mol. The number of imidazole rings is 1. The van der Waals surface area contributed by atoms with Gasteiger partial charge in [-0.25, -0.2) is 27.2 Å². The number of aromatic nitrogens is 3. The first kappa shape index (κ1) is 24.0. The number of fused-ring (bicyclic) bond motifs is 1. The van der Waals surface area contributed by atoms with Crippen molar-refractivity contribution in [1.82, 2.24) is 14.4 Å². The van der Waals surface area contributed by atoms with Crippen molar-refractivity contribution in [3.8, 4) is 22.8 Å². The van der Waals surface area contributed by atoms with E-state index >= 15 is 4.39 Å². The topological polar surface area (TPSA) is 85.6 Å². The predicted octanol–water partition coefficient (Wildman–Crippen LogP) is 6.57. The highest BCUT2D eigenvalue weighted by Gasteiger charge is 2.25. The van der Waals surface area contributed by atoms with Gasteiger partial charge in [0, 0.05) is 41.3 Å². The Bertz CT molecular complexity index is 1730. The van der Waals surface area contributed by atoms with E-state index in [1.165, 1.54) is 30.5 Å². The number of rotatable bonds is 6. The van der Waals surface area contributed by atoms with Crippen LogP contribution in [0.2, 0.25) is 10.0 Å². The predicted molar refractivity (Wildman–Crippen MR) is 132 cm³/mol. The first-order chi connectivity index (χ1) is 17.2. The van der Waals surface area contributed by atoms with Gasteiger partial charge >= 0.3 is 0 Å². The highest BCUT2D eigenvalue weighted by molar-refractivity contribution is 7.92. The van der Waals surface area contributed by atoms with Gasteiger partial charge in [0.2, 0.25) is 0 Å². The number of benzene rings is 2. The smallest absolute Gasteiger partial charge is 0.266 e. The molecule has 5 rings (SSSR count). The van der Waals surface area contributed by atoms with Gasteiger partial charge in [-0.2, -0.15) is 0 Å². The molecule has 2 aromatic carbocycles. The first-order valence-electron chi connectivity index (χ1n) is 10.3. The summed E-state index contributed by atoms with van der Waals surface area (Å²) in [7, 11) is -4.55. The summed E-state index contributed by atoms with van der Waals surface area (Å²) < 4.78 is 64.9. The molecule has 36 heavy (non-hydrogen) atoms. The standard InChI is InChI=1S/C24H14Cl2F2N4O3S/c25-14-6-7-20(15(11-14)19-4-1-5-23-29-9-10-32(19)23)35-21-12-18(28)22(13-17(21)27)36(33,34)31-24-16(26)3-2-8-30-24/h1-13H,(H,30,31). The quantitative estimate of drug-likeness (QED) is 0.260. The van der Waals surface area contributed by atoms with Crippen molar-refractivity contribution in [2.45, 2.75) is 4.90 Å². The van der Waals surface area contributed by atoms with Crippen molar-refractivity contribution in [3.05, 3.63) is 101 Å². The van der Waals surface area contributed by atoms with Crippen molar-refractivity contribution in [2.24, 2.45) is 0 Å². The van der Waals surface area contributed by atoms with E-state index in [1.54, 1.807) is 41.1 Å². The molecule has 182 valence electrons. The summed E-state index contributed by atoms with van der Waals surface area (Å²) in [5.41, 5.74) is 1.78. The number of hydrogen-bond donors (Lipinski definition) is 1. The number of pyridine rings is 2. The van der Waals surface area contributed by atoms with E-state index in [-0.39, 0.29) is 16.6 Å². The molecule has 5 aromatic rings. The zero-order chi connectivity index (χ0) is 25.4. The molecular weight excluding hydrogens is 533 g/mol. The van der Waals surface area contributed by atoms with Crippen LogP contribution in [0, 0.1) is 11.6 Å². The third-order valence-electron chi connectivity index (χ3n) is 5.13. The van der Waals surface area contributed by atoms with Crippen molar-refractivity contribution in [1.29, 1.82) is 0 Å².